The van der Waals surface area contributed by atoms with Crippen molar-refractivity contribution in [3.05, 3.63) is 18.2 Å². The van der Waals surface area contributed by atoms with Crippen molar-refractivity contribution < 1.29 is 19.3 Å². The van der Waals surface area contributed by atoms with E-state index in [9.17, 15) is 5.11 Å². The molecule has 19 heavy (non-hydrogen) atoms. The van der Waals surface area contributed by atoms with E-state index in [2.05, 4.69) is 5.32 Å². The minimum atomic E-state index is -0.0373. The maximum absolute atomic E-state index is 9.29. The third-order valence-electron chi connectivity index (χ3n) is 3.05. The number of hydrogen-bond acceptors (Lipinski definition) is 5. The summed E-state index contributed by atoms with van der Waals surface area (Å²) in [6.45, 7) is 0.487. The zero-order valence-electron chi connectivity index (χ0n) is 11.4. The number of ether oxygens (including phenoxy) is 3. The van der Waals surface area contributed by atoms with E-state index in [1.54, 1.807) is 32.4 Å². The zero-order valence-corrected chi connectivity index (χ0v) is 11.4. The van der Waals surface area contributed by atoms with Crippen LogP contribution in [0, 0.1) is 0 Å². The third-order valence-corrected chi connectivity index (χ3v) is 3.05. The van der Waals surface area contributed by atoms with E-state index in [0.29, 0.717) is 29.9 Å². The minimum Gasteiger partial charge on any atom is -0.496 e. The molecule has 1 fully saturated rings. The van der Waals surface area contributed by atoms with Gasteiger partial charge in [-0.2, -0.15) is 0 Å². The fourth-order valence-electron chi connectivity index (χ4n) is 1.80. The number of rotatable bonds is 8. The van der Waals surface area contributed by atoms with Crippen molar-refractivity contribution in [2.75, 3.05) is 27.4 Å². The first-order valence-electron chi connectivity index (χ1n) is 6.48. The Bertz CT molecular complexity index is 384. The molecule has 0 aliphatic heterocycles. The van der Waals surface area contributed by atoms with Crippen molar-refractivity contribution in [3.63, 3.8) is 0 Å². The first kappa shape index (κ1) is 14.0. The van der Waals surface area contributed by atoms with Gasteiger partial charge >= 0.3 is 0 Å². The van der Waals surface area contributed by atoms with Gasteiger partial charge in [-0.05, 0) is 12.8 Å². The second-order valence-corrected chi connectivity index (χ2v) is 4.68. The normalized spacial score (nSPS) is 15.9. The number of nitrogens with one attached hydrogen (secondary N) is 1. The Morgan fingerprint density at radius 3 is 2.21 bits per heavy atom. The molecule has 2 N–H and O–H groups in total. The topological polar surface area (TPSA) is 60.0 Å². The Morgan fingerprint density at radius 1 is 1.16 bits per heavy atom. The summed E-state index contributed by atoms with van der Waals surface area (Å²) in [5, 5.41) is 12.6. The first-order chi connectivity index (χ1) is 9.25. The lowest BCUT2D eigenvalue weighted by molar-refractivity contribution is 0.181. The van der Waals surface area contributed by atoms with Crippen LogP contribution in [0.1, 0.15) is 12.8 Å². The lowest BCUT2D eigenvalue weighted by Crippen LogP contribution is -2.39. The number of methoxy groups -OCH3 is 2. The molecule has 1 aliphatic rings. The van der Waals surface area contributed by atoms with Crippen LogP contribution in [-0.2, 0) is 0 Å². The molecule has 0 saturated heterocycles. The Hall–Kier alpha value is -1.46. The summed E-state index contributed by atoms with van der Waals surface area (Å²) in [5.74, 6) is 2.04. The maximum Gasteiger partial charge on any atom is 0.126 e. The molecule has 0 radical (unpaired) electrons. The summed E-state index contributed by atoms with van der Waals surface area (Å²) in [7, 11) is 3.20. The molecule has 1 saturated carbocycles. The van der Waals surface area contributed by atoms with Crippen molar-refractivity contribution in [3.8, 4) is 17.2 Å². The highest BCUT2D eigenvalue weighted by Gasteiger charge is 2.24. The van der Waals surface area contributed by atoms with E-state index < -0.39 is 0 Å². The van der Waals surface area contributed by atoms with E-state index in [1.165, 1.54) is 12.8 Å². The van der Waals surface area contributed by atoms with E-state index in [4.69, 9.17) is 14.2 Å². The molecule has 5 nitrogen and oxygen atoms in total. The first-order valence-corrected chi connectivity index (χ1v) is 6.48. The third kappa shape index (κ3) is 4.29. The Balaban J connectivity index is 1.92. The van der Waals surface area contributed by atoms with E-state index in [1.807, 2.05) is 0 Å². The van der Waals surface area contributed by atoms with Crippen LogP contribution in [0.25, 0.3) is 0 Å². The summed E-state index contributed by atoms with van der Waals surface area (Å²) in [5.41, 5.74) is 0. The minimum absolute atomic E-state index is 0.0373. The standard InChI is InChI=1S/C14H21NO4/c1-17-12-5-13(18-2)7-14(6-12)19-9-11(8-16)15-10-3-4-10/h5-7,10-11,15-16H,3-4,8-9H2,1-2H3. The van der Waals surface area contributed by atoms with Gasteiger partial charge in [-0.1, -0.05) is 0 Å². The van der Waals surface area contributed by atoms with Crippen LogP contribution in [-0.4, -0.2) is 44.6 Å². The predicted octanol–water partition coefficient (Wildman–Crippen LogP) is 1.20. The van der Waals surface area contributed by atoms with Crippen LogP contribution < -0.4 is 19.5 Å². The maximum atomic E-state index is 9.29. The van der Waals surface area contributed by atoms with Gasteiger partial charge in [0.05, 0.1) is 26.9 Å². The van der Waals surface area contributed by atoms with Crippen molar-refractivity contribution in [1.29, 1.82) is 0 Å². The molecule has 0 amide bonds. The summed E-state index contributed by atoms with van der Waals surface area (Å²) in [6.07, 6.45) is 2.37. The molecule has 1 unspecified atom stereocenters. The largest absolute Gasteiger partial charge is 0.496 e. The summed E-state index contributed by atoms with van der Waals surface area (Å²) in [6, 6.07) is 5.89. The molecule has 1 atom stereocenters. The molecule has 1 aliphatic carbocycles. The van der Waals surface area contributed by atoms with Crippen molar-refractivity contribution >= 4 is 0 Å². The van der Waals surface area contributed by atoms with Crippen LogP contribution in [0.15, 0.2) is 18.2 Å². The van der Waals surface area contributed by atoms with Gasteiger partial charge in [0, 0.05) is 24.2 Å². The van der Waals surface area contributed by atoms with Crippen molar-refractivity contribution in [2.45, 2.75) is 24.9 Å². The predicted molar refractivity (Wildman–Crippen MR) is 72.1 cm³/mol. The van der Waals surface area contributed by atoms with Crippen LogP contribution in [0.5, 0.6) is 17.2 Å². The lowest BCUT2D eigenvalue weighted by atomic mass is 10.3. The van der Waals surface area contributed by atoms with Crippen molar-refractivity contribution in [2.24, 2.45) is 0 Å². The van der Waals surface area contributed by atoms with Crippen LogP contribution in [0.3, 0.4) is 0 Å². The van der Waals surface area contributed by atoms with Gasteiger partial charge < -0.3 is 24.6 Å². The van der Waals surface area contributed by atoms with Gasteiger partial charge in [0.2, 0.25) is 0 Å². The summed E-state index contributed by atoms with van der Waals surface area (Å²) in [4.78, 5) is 0. The number of aliphatic hydroxyl groups excluding tert-OH is 1. The summed E-state index contributed by atoms with van der Waals surface area (Å²) >= 11 is 0. The average molecular weight is 267 g/mol. The molecule has 1 aromatic rings. The molecule has 5 heteroatoms. The van der Waals surface area contributed by atoms with Crippen LogP contribution in [0.2, 0.25) is 0 Å². The highest BCUT2D eigenvalue weighted by molar-refractivity contribution is 5.42. The molecular formula is C14H21NO4. The molecule has 0 spiro atoms. The van der Waals surface area contributed by atoms with E-state index in [-0.39, 0.29) is 12.6 Å². The fraction of sp³-hybridized carbons (Fsp3) is 0.571. The smallest absolute Gasteiger partial charge is 0.126 e. The quantitative estimate of drug-likeness (QED) is 0.741. The zero-order chi connectivity index (χ0) is 13.7. The van der Waals surface area contributed by atoms with Gasteiger partial charge in [-0.3, -0.25) is 0 Å². The van der Waals surface area contributed by atoms with Gasteiger partial charge in [0.15, 0.2) is 0 Å². The van der Waals surface area contributed by atoms with E-state index >= 15 is 0 Å². The van der Waals surface area contributed by atoms with Crippen molar-refractivity contribution in [1.82, 2.24) is 5.32 Å². The summed E-state index contributed by atoms with van der Waals surface area (Å²) < 4.78 is 16.1. The average Bonchev–Trinajstić information content (AvgIpc) is 3.26. The van der Waals surface area contributed by atoms with Crippen LogP contribution in [0.4, 0.5) is 0 Å². The van der Waals surface area contributed by atoms with E-state index in [0.717, 1.165) is 0 Å². The number of aliphatic hydroxyl groups is 1. The molecule has 106 valence electrons. The highest BCUT2D eigenvalue weighted by atomic mass is 16.5. The number of hydrogen-bond donors (Lipinski definition) is 2. The van der Waals surface area contributed by atoms with Crippen LogP contribution >= 0.6 is 0 Å². The Labute approximate surface area is 113 Å². The molecule has 0 heterocycles. The molecule has 2 rings (SSSR count). The number of benzene rings is 1. The molecule has 0 bridgehead atoms. The second kappa shape index (κ2) is 6.63. The Morgan fingerprint density at radius 2 is 1.74 bits per heavy atom. The second-order valence-electron chi connectivity index (χ2n) is 4.68. The van der Waals surface area contributed by atoms with Gasteiger partial charge in [0.1, 0.15) is 23.9 Å². The van der Waals surface area contributed by atoms with Gasteiger partial charge in [0.25, 0.3) is 0 Å². The Kier molecular flexibility index (Phi) is 4.87. The SMILES string of the molecule is COc1cc(OC)cc(OCC(CO)NC2CC2)c1. The monoisotopic (exact) mass is 267 g/mol. The van der Waals surface area contributed by atoms with Gasteiger partial charge in [-0.25, -0.2) is 0 Å². The molecular weight excluding hydrogens is 246 g/mol. The highest BCUT2D eigenvalue weighted by Crippen LogP contribution is 2.27. The fourth-order valence-corrected chi connectivity index (χ4v) is 1.80. The molecule has 1 aromatic carbocycles. The van der Waals surface area contributed by atoms with Gasteiger partial charge in [-0.15, -0.1) is 0 Å². The molecule has 0 aromatic heterocycles. The lowest BCUT2D eigenvalue weighted by Gasteiger charge is -2.17.